The molecule has 2 N–H and O–H groups in total. The van der Waals surface area contributed by atoms with Gasteiger partial charge in [-0.3, -0.25) is 4.79 Å². The van der Waals surface area contributed by atoms with Crippen LogP contribution in [0.4, 0.5) is 5.69 Å². The van der Waals surface area contributed by atoms with Gasteiger partial charge < -0.3 is 10.6 Å². The Hall–Kier alpha value is -1.51. The van der Waals surface area contributed by atoms with Crippen molar-refractivity contribution < 1.29 is 4.79 Å². The third kappa shape index (κ3) is 2.66. The van der Waals surface area contributed by atoms with Gasteiger partial charge in [0.15, 0.2) is 0 Å². The zero-order valence-corrected chi connectivity index (χ0v) is 11.4. The van der Waals surface area contributed by atoms with E-state index in [2.05, 4.69) is 13.8 Å². The maximum atomic E-state index is 12.4. The molecule has 1 aromatic carbocycles. The molecule has 1 aliphatic heterocycles. The van der Waals surface area contributed by atoms with E-state index >= 15 is 0 Å². The first-order valence-corrected chi connectivity index (χ1v) is 6.62. The Morgan fingerprint density at radius 3 is 2.44 bits per heavy atom. The van der Waals surface area contributed by atoms with Crippen molar-refractivity contribution in [1.29, 1.82) is 0 Å². The molecule has 1 heterocycles. The van der Waals surface area contributed by atoms with Crippen LogP contribution in [-0.2, 0) is 0 Å². The summed E-state index contributed by atoms with van der Waals surface area (Å²) in [6, 6.07) is 5.58. The van der Waals surface area contributed by atoms with Gasteiger partial charge in [0.25, 0.3) is 5.91 Å². The van der Waals surface area contributed by atoms with Crippen molar-refractivity contribution in [3.05, 3.63) is 29.3 Å². The van der Waals surface area contributed by atoms with Crippen LogP contribution in [0.25, 0.3) is 0 Å². The summed E-state index contributed by atoms with van der Waals surface area (Å²) in [7, 11) is 0. The summed E-state index contributed by atoms with van der Waals surface area (Å²) in [4.78, 5) is 14.4. The van der Waals surface area contributed by atoms with E-state index in [1.54, 1.807) is 6.07 Å². The lowest BCUT2D eigenvalue weighted by atomic mass is 9.91. The zero-order chi connectivity index (χ0) is 13.3. The molecule has 2 atom stereocenters. The minimum Gasteiger partial charge on any atom is -0.398 e. The lowest BCUT2D eigenvalue weighted by molar-refractivity contribution is 0.0623. The third-order valence-corrected chi connectivity index (χ3v) is 3.68. The van der Waals surface area contributed by atoms with Crippen molar-refractivity contribution in [2.45, 2.75) is 27.2 Å². The molecular formula is C15H22N2O. The average Bonchev–Trinajstić information content (AvgIpc) is 2.30. The van der Waals surface area contributed by atoms with Gasteiger partial charge in [-0.25, -0.2) is 0 Å². The van der Waals surface area contributed by atoms with Gasteiger partial charge in [0, 0.05) is 24.3 Å². The number of amides is 1. The van der Waals surface area contributed by atoms with Crippen LogP contribution < -0.4 is 5.73 Å². The molecule has 1 aliphatic rings. The van der Waals surface area contributed by atoms with Gasteiger partial charge in [-0.2, -0.15) is 0 Å². The molecule has 1 aromatic rings. The Bertz CT molecular complexity index is 446. The number of aryl methyl sites for hydroxylation is 1. The van der Waals surface area contributed by atoms with Gasteiger partial charge >= 0.3 is 0 Å². The van der Waals surface area contributed by atoms with E-state index in [9.17, 15) is 4.79 Å². The second-order valence-corrected chi connectivity index (χ2v) is 5.73. The van der Waals surface area contributed by atoms with Gasteiger partial charge in [-0.05, 0) is 42.9 Å². The first-order valence-electron chi connectivity index (χ1n) is 6.62. The highest BCUT2D eigenvalue weighted by Gasteiger charge is 2.26. The minimum atomic E-state index is 0.111. The Kier molecular flexibility index (Phi) is 3.60. The number of nitrogens with two attached hydrogens (primary N) is 1. The summed E-state index contributed by atoms with van der Waals surface area (Å²) in [5.74, 6) is 1.28. The summed E-state index contributed by atoms with van der Waals surface area (Å²) in [5, 5.41) is 0. The molecule has 3 heteroatoms. The van der Waals surface area contributed by atoms with E-state index in [0.717, 1.165) is 18.7 Å². The number of carbonyl (C=O) groups excluding carboxylic acids is 1. The fraction of sp³-hybridized carbons (Fsp3) is 0.533. The summed E-state index contributed by atoms with van der Waals surface area (Å²) in [5.41, 5.74) is 8.29. The van der Waals surface area contributed by atoms with Crippen molar-refractivity contribution in [1.82, 2.24) is 4.90 Å². The number of hydrogen-bond acceptors (Lipinski definition) is 2. The molecule has 2 rings (SSSR count). The van der Waals surface area contributed by atoms with Crippen molar-refractivity contribution >= 4 is 11.6 Å². The smallest absolute Gasteiger partial charge is 0.253 e. The van der Waals surface area contributed by atoms with Gasteiger partial charge in [-0.1, -0.05) is 19.9 Å². The Labute approximate surface area is 109 Å². The highest BCUT2D eigenvalue weighted by atomic mass is 16.2. The highest BCUT2D eigenvalue weighted by Crippen LogP contribution is 2.23. The standard InChI is InChI=1S/C15H22N2O/c1-10-6-11(2)9-17(8-10)15(18)13-5-4-12(3)14(16)7-13/h4-5,7,10-11H,6,8-9,16H2,1-3H3. The van der Waals surface area contributed by atoms with E-state index in [0.29, 0.717) is 23.1 Å². The number of benzene rings is 1. The largest absolute Gasteiger partial charge is 0.398 e. The van der Waals surface area contributed by atoms with Crippen LogP contribution in [0, 0.1) is 18.8 Å². The fourth-order valence-corrected chi connectivity index (χ4v) is 2.78. The van der Waals surface area contributed by atoms with Crippen LogP contribution in [-0.4, -0.2) is 23.9 Å². The first-order chi connectivity index (χ1) is 8.47. The van der Waals surface area contributed by atoms with E-state index in [1.807, 2.05) is 24.0 Å². The number of likely N-dealkylation sites (tertiary alicyclic amines) is 1. The van der Waals surface area contributed by atoms with Gasteiger partial charge in [-0.15, -0.1) is 0 Å². The van der Waals surface area contributed by atoms with E-state index in [4.69, 9.17) is 5.73 Å². The number of anilines is 1. The average molecular weight is 246 g/mol. The SMILES string of the molecule is Cc1ccc(C(=O)N2CC(C)CC(C)C2)cc1N. The molecule has 1 fully saturated rings. The number of carbonyl (C=O) groups is 1. The second-order valence-electron chi connectivity index (χ2n) is 5.73. The van der Waals surface area contributed by atoms with Crippen molar-refractivity contribution in [3.8, 4) is 0 Å². The van der Waals surface area contributed by atoms with E-state index < -0.39 is 0 Å². The quantitative estimate of drug-likeness (QED) is 0.774. The van der Waals surface area contributed by atoms with Crippen LogP contribution >= 0.6 is 0 Å². The van der Waals surface area contributed by atoms with Crippen LogP contribution in [0.1, 0.15) is 36.2 Å². The van der Waals surface area contributed by atoms with Crippen molar-refractivity contribution in [3.63, 3.8) is 0 Å². The summed E-state index contributed by atoms with van der Waals surface area (Å²) in [6.07, 6.45) is 1.21. The van der Waals surface area contributed by atoms with Gasteiger partial charge in [0.2, 0.25) is 0 Å². The van der Waals surface area contributed by atoms with Crippen LogP contribution in [0.3, 0.4) is 0 Å². The molecular weight excluding hydrogens is 224 g/mol. The number of piperidine rings is 1. The maximum Gasteiger partial charge on any atom is 0.253 e. The molecule has 0 radical (unpaired) electrons. The molecule has 0 saturated carbocycles. The Morgan fingerprint density at radius 1 is 1.28 bits per heavy atom. The predicted molar refractivity (Wildman–Crippen MR) is 74.4 cm³/mol. The lowest BCUT2D eigenvalue weighted by Crippen LogP contribution is -2.42. The summed E-state index contributed by atoms with van der Waals surface area (Å²) < 4.78 is 0. The Balaban J connectivity index is 2.17. The molecule has 2 unspecified atom stereocenters. The van der Waals surface area contributed by atoms with E-state index in [-0.39, 0.29) is 5.91 Å². The third-order valence-electron chi connectivity index (χ3n) is 3.68. The monoisotopic (exact) mass is 246 g/mol. The molecule has 0 aromatic heterocycles. The molecule has 1 saturated heterocycles. The normalized spacial score (nSPS) is 24.1. The summed E-state index contributed by atoms with van der Waals surface area (Å²) in [6.45, 7) is 8.08. The van der Waals surface area contributed by atoms with Gasteiger partial charge in [0.05, 0.1) is 0 Å². The predicted octanol–water partition coefficient (Wildman–Crippen LogP) is 2.70. The highest BCUT2D eigenvalue weighted by molar-refractivity contribution is 5.95. The molecule has 18 heavy (non-hydrogen) atoms. The zero-order valence-electron chi connectivity index (χ0n) is 11.4. The first kappa shape index (κ1) is 12.9. The Morgan fingerprint density at radius 2 is 1.89 bits per heavy atom. The molecule has 0 spiro atoms. The van der Waals surface area contributed by atoms with Gasteiger partial charge in [0.1, 0.15) is 0 Å². The van der Waals surface area contributed by atoms with Crippen LogP contribution in [0.2, 0.25) is 0 Å². The maximum absolute atomic E-state index is 12.4. The van der Waals surface area contributed by atoms with Crippen LogP contribution in [0.5, 0.6) is 0 Å². The topological polar surface area (TPSA) is 46.3 Å². The van der Waals surface area contributed by atoms with Crippen LogP contribution in [0.15, 0.2) is 18.2 Å². The molecule has 1 amide bonds. The molecule has 0 aliphatic carbocycles. The summed E-state index contributed by atoms with van der Waals surface area (Å²) >= 11 is 0. The second kappa shape index (κ2) is 5.01. The lowest BCUT2D eigenvalue weighted by Gasteiger charge is -2.35. The molecule has 0 bridgehead atoms. The molecule has 98 valence electrons. The molecule has 3 nitrogen and oxygen atoms in total. The fourth-order valence-electron chi connectivity index (χ4n) is 2.78. The number of nitrogen functional groups attached to an aromatic ring is 1. The van der Waals surface area contributed by atoms with Crippen molar-refractivity contribution in [2.75, 3.05) is 18.8 Å². The minimum absolute atomic E-state index is 0.111. The number of hydrogen-bond donors (Lipinski definition) is 1. The van der Waals surface area contributed by atoms with Crippen molar-refractivity contribution in [2.24, 2.45) is 11.8 Å². The number of rotatable bonds is 1. The van der Waals surface area contributed by atoms with E-state index in [1.165, 1.54) is 6.42 Å². The number of nitrogens with zero attached hydrogens (tertiary/aromatic N) is 1.